The van der Waals surface area contributed by atoms with Gasteiger partial charge in [0.25, 0.3) is 5.56 Å². The number of hydrogen-bond donors (Lipinski definition) is 1. The highest BCUT2D eigenvalue weighted by Crippen LogP contribution is 2.34. The second-order valence-electron chi connectivity index (χ2n) is 7.00. The van der Waals surface area contributed by atoms with Gasteiger partial charge in [-0.2, -0.15) is 11.8 Å². The van der Waals surface area contributed by atoms with E-state index < -0.39 is 0 Å². The van der Waals surface area contributed by atoms with Gasteiger partial charge in [-0.05, 0) is 37.3 Å². The summed E-state index contributed by atoms with van der Waals surface area (Å²) >= 11 is 3.23. The van der Waals surface area contributed by atoms with E-state index in [2.05, 4.69) is 9.97 Å². The third kappa shape index (κ3) is 4.31. The number of thioether (sulfide) groups is 1. The summed E-state index contributed by atoms with van der Waals surface area (Å²) in [7, 11) is 0. The Hall–Kier alpha value is -2.12. The monoisotopic (exact) mass is 414 g/mol. The first-order valence-corrected chi connectivity index (χ1v) is 11.4. The minimum Gasteiger partial charge on any atom is -0.461 e. The molecule has 0 spiro atoms. The standard InChI is InChI=1S/C21H22N2O3S2/c1-13-5-7-14(8-6-13)11-26-18(24)9-10-27-12-17-22-20(25)19-15-3-2-4-16(15)28-21(19)23-17/h5-8H,2-4,9-12H2,1H3,(H,22,23,25). The number of ether oxygens (including phenoxy) is 1. The number of aromatic amines is 1. The predicted molar refractivity (Wildman–Crippen MR) is 114 cm³/mol. The molecule has 0 bridgehead atoms. The fourth-order valence-electron chi connectivity index (χ4n) is 3.36. The molecule has 0 amide bonds. The number of benzene rings is 1. The molecule has 28 heavy (non-hydrogen) atoms. The number of fused-ring (bicyclic) bond motifs is 3. The maximum atomic E-state index is 12.4. The zero-order valence-corrected chi connectivity index (χ0v) is 17.4. The minimum absolute atomic E-state index is 0.0301. The molecular weight excluding hydrogens is 392 g/mol. The lowest BCUT2D eigenvalue weighted by molar-refractivity contribution is -0.144. The number of rotatable bonds is 7. The predicted octanol–water partition coefficient (Wildman–Crippen LogP) is 4.15. The van der Waals surface area contributed by atoms with Crippen LogP contribution in [-0.4, -0.2) is 21.7 Å². The Morgan fingerprint density at radius 3 is 2.93 bits per heavy atom. The van der Waals surface area contributed by atoms with Crippen LogP contribution in [0.3, 0.4) is 0 Å². The van der Waals surface area contributed by atoms with E-state index in [1.807, 2.05) is 31.2 Å². The summed E-state index contributed by atoms with van der Waals surface area (Å²) in [4.78, 5) is 34.0. The molecule has 146 valence electrons. The van der Waals surface area contributed by atoms with Gasteiger partial charge in [-0.25, -0.2) is 4.98 Å². The number of thiophene rings is 1. The number of H-pyrrole nitrogens is 1. The van der Waals surface area contributed by atoms with Crippen molar-refractivity contribution in [2.45, 2.75) is 45.0 Å². The van der Waals surface area contributed by atoms with Gasteiger partial charge in [0.2, 0.25) is 0 Å². The molecule has 4 rings (SSSR count). The number of carbonyl (C=O) groups excluding carboxylic acids is 1. The molecule has 0 saturated carbocycles. The van der Waals surface area contributed by atoms with E-state index in [0.29, 0.717) is 30.4 Å². The highest BCUT2D eigenvalue weighted by Gasteiger charge is 2.21. The van der Waals surface area contributed by atoms with Crippen molar-refractivity contribution in [3.63, 3.8) is 0 Å². The van der Waals surface area contributed by atoms with Crippen molar-refractivity contribution in [1.29, 1.82) is 0 Å². The fraction of sp³-hybridized carbons (Fsp3) is 0.381. The van der Waals surface area contributed by atoms with Gasteiger partial charge in [0.1, 0.15) is 17.3 Å². The van der Waals surface area contributed by atoms with E-state index in [9.17, 15) is 9.59 Å². The fourth-order valence-corrected chi connectivity index (χ4v) is 5.43. The molecule has 0 atom stereocenters. The Balaban J connectivity index is 1.25. The van der Waals surface area contributed by atoms with Crippen LogP contribution in [0.25, 0.3) is 10.2 Å². The second-order valence-corrected chi connectivity index (χ2v) is 9.19. The molecule has 0 unspecified atom stereocenters. The summed E-state index contributed by atoms with van der Waals surface area (Å²) in [6.45, 7) is 2.33. The van der Waals surface area contributed by atoms with Gasteiger partial charge in [-0.1, -0.05) is 29.8 Å². The molecule has 5 nitrogen and oxygen atoms in total. The Morgan fingerprint density at radius 2 is 2.11 bits per heavy atom. The van der Waals surface area contributed by atoms with E-state index in [4.69, 9.17) is 4.74 Å². The first-order chi connectivity index (χ1) is 13.6. The molecule has 0 fully saturated rings. The zero-order chi connectivity index (χ0) is 19.5. The van der Waals surface area contributed by atoms with Crippen LogP contribution in [0.2, 0.25) is 0 Å². The Kier molecular flexibility index (Phi) is 5.82. The summed E-state index contributed by atoms with van der Waals surface area (Å²) < 4.78 is 5.31. The number of aromatic nitrogens is 2. The van der Waals surface area contributed by atoms with Gasteiger partial charge in [0, 0.05) is 10.6 Å². The largest absolute Gasteiger partial charge is 0.461 e. The minimum atomic E-state index is -0.209. The molecule has 1 aromatic carbocycles. The summed E-state index contributed by atoms with van der Waals surface area (Å²) in [5.74, 6) is 1.68. The van der Waals surface area contributed by atoms with Crippen LogP contribution < -0.4 is 5.56 Å². The molecule has 2 aromatic heterocycles. The molecule has 0 saturated heterocycles. The maximum Gasteiger partial charge on any atom is 0.306 e. The molecule has 3 aromatic rings. The van der Waals surface area contributed by atoms with E-state index >= 15 is 0 Å². The Labute approximate surface area is 171 Å². The highest BCUT2D eigenvalue weighted by atomic mass is 32.2. The maximum absolute atomic E-state index is 12.4. The first-order valence-electron chi connectivity index (χ1n) is 9.42. The summed E-state index contributed by atoms with van der Waals surface area (Å²) in [5.41, 5.74) is 3.34. The molecule has 1 aliphatic carbocycles. The normalized spacial score (nSPS) is 13.0. The van der Waals surface area contributed by atoms with Crippen LogP contribution in [0, 0.1) is 6.92 Å². The van der Waals surface area contributed by atoms with E-state index in [0.717, 1.165) is 35.0 Å². The SMILES string of the molecule is Cc1ccc(COC(=O)CCSCc2nc3sc4c(c3c(=O)[nH]2)CCC4)cc1. The lowest BCUT2D eigenvalue weighted by Crippen LogP contribution is -2.11. The first kappa shape index (κ1) is 19.2. The number of carbonyl (C=O) groups is 1. The summed E-state index contributed by atoms with van der Waals surface area (Å²) in [5, 5.41) is 0.783. The van der Waals surface area contributed by atoms with E-state index in [1.165, 1.54) is 16.0 Å². The van der Waals surface area contributed by atoms with Crippen LogP contribution in [0.5, 0.6) is 0 Å². The molecule has 2 heterocycles. The third-order valence-electron chi connectivity index (χ3n) is 4.83. The number of aryl methyl sites for hydroxylation is 3. The number of hydrogen-bond acceptors (Lipinski definition) is 6. The van der Waals surface area contributed by atoms with Crippen LogP contribution in [-0.2, 0) is 34.7 Å². The zero-order valence-electron chi connectivity index (χ0n) is 15.7. The van der Waals surface area contributed by atoms with Crippen molar-refractivity contribution >= 4 is 39.3 Å². The van der Waals surface area contributed by atoms with Gasteiger partial charge in [0.05, 0.1) is 17.6 Å². The molecule has 1 N–H and O–H groups in total. The number of nitrogens with one attached hydrogen (secondary N) is 1. The van der Waals surface area contributed by atoms with Crippen molar-refractivity contribution in [2.75, 3.05) is 5.75 Å². The number of nitrogens with zero attached hydrogens (tertiary/aromatic N) is 1. The second kappa shape index (κ2) is 8.49. The van der Waals surface area contributed by atoms with Gasteiger partial charge >= 0.3 is 5.97 Å². The smallest absolute Gasteiger partial charge is 0.306 e. The van der Waals surface area contributed by atoms with Crippen LogP contribution in [0.1, 0.15) is 40.2 Å². The van der Waals surface area contributed by atoms with Crippen LogP contribution in [0.15, 0.2) is 29.1 Å². The van der Waals surface area contributed by atoms with Crippen LogP contribution in [0.4, 0.5) is 0 Å². The topological polar surface area (TPSA) is 72.0 Å². The van der Waals surface area contributed by atoms with Crippen molar-refractivity contribution in [1.82, 2.24) is 9.97 Å². The van der Waals surface area contributed by atoms with Gasteiger partial charge in [0.15, 0.2) is 0 Å². The van der Waals surface area contributed by atoms with Crippen molar-refractivity contribution in [3.05, 3.63) is 62.0 Å². The highest BCUT2D eigenvalue weighted by molar-refractivity contribution is 7.98. The van der Waals surface area contributed by atoms with Crippen LogP contribution >= 0.6 is 23.1 Å². The molecule has 7 heteroatoms. The summed E-state index contributed by atoms with van der Waals surface area (Å²) in [6.07, 6.45) is 3.52. The van der Waals surface area contributed by atoms with E-state index in [1.54, 1.807) is 23.1 Å². The quantitative estimate of drug-likeness (QED) is 0.464. The average Bonchev–Trinajstić information content (AvgIpc) is 3.25. The molecule has 1 aliphatic rings. The van der Waals surface area contributed by atoms with Crippen molar-refractivity contribution < 1.29 is 9.53 Å². The van der Waals surface area contributed by atoms with Gasteiger partial charge in [-0.3, -0.25) is 9.59 Å². The van der Waals surface area contributed by atoms with Gasteiger partial charge < -0.3 is 9.72 Å². The van der Waals surface area contributed by atoms with Crippen molar-refractivity contribution in [3.8, 4) is 0 Å². The number of esters is 1. The lowest BCUT2D eigenvalue weighted by atomic mass is 10.2. The average molecular weight is 415 g/mol. The van der Waals surface area contributed by atoms with Crippen molar-refractivity contribution in [2.24, 2.45) is 0 Å². The molecule has 0 radical (unpaired) electrons. The van der Waals surface area contributed by atoms with E-state index in [-0.39, 0.29) is 11.5 Å². The third-order valence-corrected chi connectivity index (χ3v) is 6.99. The van der Waals surface area contributed by atoms with Gasteiger partial charge in [-0.15, -0.1) is 11.3 Å². The molecule has 0 aliphatic heterocycles. The lowest BCUT2D eigenvalue weighted by Gasteiger charge is -2.05. The molecular formula is C21H22N2O3S2. The summed E-state index contributed by atoms with van der Waals surface area (Å²) in [6, 6.07) is 7.95. The Bertz CT molecular complexity index is 1050. The Morgan fingerprint density at radius 1 is 1.29 bits per heavy atom.